The van der Waals surface area contributed by atoms with Crippen molar-refractivity contribution in [2.45, 2.75) is 37.8 Å². The summed E-state index contributed by atoms with van der Waals surface area (Å²) in [4.78, 5) is 30.3. The number of rotatable bonds is 7. The molecule has 1 heterocycles. The van der Waals surface area contributed by atoms with Crippen LogP contribution in [0.1, 0.15) is 37.7 Å². The summed E-state index contributed by atoms with van der Waals surface area (Å²) in [5.74, 6) is 0.460. The van der Waals surface area contributed by atoms with Gasteiger partial charge in [0.05, 0.1) is 10.4 Å². The molecule has 176 valence electrons. The van der Waals surface area contributed by atoms with Gasteiger partial charge in [0.2, 0.25) is 5.91 Å². The number of pyridine rings is 1. The first-order chi connectivity index (χ1) is 16.3. The zero-order valence-electron chi connectivity index (χ0n) is 19.5. The number of non-ortho nitro benzene ring substituents is 1. The van der Waals surface area contributed by atoms with Gasteiger partial charge in [0, 0.05) is 49.4 Å². The Morgan fingerprint density at radius 1 is 1.09 bits per heavy atom. The Morgan fingerprint density at radius 3 is 2.59 bits per heavy atom. The third-order valence-corrected chi connectivity index (χ3v) is 6.12. The lowest BCUT2D eigenvalue weighted by Gasteiger charge is -2.39. The molecule has 1 amide bonds. The number of carbonyl (C=O) groups excluding carboxylic acids is 1. The predicted octanol–water partition coefficient (Wildman–Crippen LogP) is 5.11. The molecule has 2 N–H and O–H groups in total. The van der Waals surface area contributed by atoms with Crippen molar-refractivity contribution in [2.24, 2.45) is 0 Å². The van der Waals surface area contributed by atoms with Crippen LogP contribution in [0, 0.1) is 10.1 Å². The van der Waals surface area contributed by atoms with E-state index in [0.717, 1.165) is 48.7 Å². The van der Waals surface area contributed by atoms with Gasteiger partial charge in [-0.3, -0.25) is 14.9 Å². The van der Waals surface area contributed by atoms with Gasteiger partial charge in [0.1, 0.15) is 11.5 Å². The van der Waals surface area contributed by atoms with Gasteiger partial charge in [-0.2, -0.15) is 0 Å². The molecule has 0 saturated heterocycles. The molecular weight excluding hydrogens is 430 g/mol. The Labute approximate surface area is 198 Å². The monoisotopic (exact) mass is 459 g/mol. The van der Waals surface area contributed by atoms with Crippen molar-refractivity contribution in [1.29, 1.82) is 0 Å². The molecule has 8 heteroatoms. The first kappa shape index (κ1) is 23.2. The smallest absolute Gasteiger partial charge is 0.270 e. The van der Waals surface area contributed by atoms with Crippen molar-refractivity contribution in [3.63, 3.8) is 0 Å². The quantitative estimate of drug-likeness (QED) is 0.220. The largest absolute Gasteiger partial charge is 0.377 e. The number of nitrogens with zero attached hydrogens (tertiary/aromatic N) is 3. The van der Waals surface area contributed by atoms with Crippen molar-refractivity contribution < 1.29 is 9.72 Å². The molecule has 1 aliphatic rings. The van der Waals surface area contributed by atoms with Gasteiger partial charge in [-0.05, 0) is 43.4 Å². The van der Waals surface area contributed by atoms with Gasteiger partial charge in [0.15, 0.2) is 0 Å². The van der Waals surface area contributed by atoms with Gasteiger partial charge in [-0.1, -0.05) is 36.8 Å². The van der Waals surface area contributed by atoms with E-state index in [1.165, 1.54) is 18.2 Å². The minimum atomic E-state index is -0.610. The Bertz CT molecular complexity index is 1230. The molecule has 1 aliphatic carbocycles. The fourth-order valence-corrected chi connectivity index (χ4v) is 4.46. The van der Waals surface area contributed by atoms with Crippen LogP contribution in [0.4, 0.5) is 17.2 Å². The Balaban J connectivity index is 1.57. The average Bonchev–Trinajstić information content (AvgIpc) is 2.83. The zero-order chi connectivity index (χ0) is 24.1. The second-order valence-electron chi connectivity index (χ2n) is 8.88. The number of fused-ring (bicyclic) bond motifs is 1. The molecule has 8 nitrogen and oxygen atoms in total. The van der Waals surface area contributed by atoms with Crippen LogP contribution < -0.4 is 15.5 Å². The maximum Gasteiger partial charge on any atom is 0.270 e. The number of anilines is 2. The van der Waals surface area contributed by atoms with Crippen molar-refractivity contribution in [3.8, 4) is 0 Å². The second-order valence-corrected chi connectivity index (χ2v) is 8.88. The second kappa shape index (κ2) is 9.91. The van der Waals surface area contributed by atoms with Crippen molar-refractivity contribution in [1.82, 2.24) is 10.3 Å². The molecule has 34 heavy (non-hydrogen) atoms. The molecule has 1 fully saturated rings. The maximum absolute atomic E-state index is 12.9. The minimum Gasteiger partial charge on any atom is -0.377 e. The number of benzene rings is 2. The molecule has 0 atom stereocenters. The minimum absolute atomic E-state index is 0.00736. The standard InChI is InChI=1S/C26H29N5O3/c1-30(2)23-18-24(27-22-12-5-4-11-21(22)23)28-26(15-6-3-7-16-26)29-25(32)14-13-19-9-8-10-20(17-19)31(33)34/h4-5,8-14,17-18H,3,6-7,15-16H2,1-2H3,(H,27,28)(H,29,32). The summed E-state index contributed by atoms with van der Waals surface area (Å²) in [5.41, 5.74) is 1.92. The highest BCUT2D eigenvalue weighted by Crippen LogP contribution is 2.33. The average molecular weight is 460 g/mol. The van der Waals surface area contributed by atoms with E-state index in [9.17, 15) is 14.9 Å². The number of nitro benzene ring substituents is 1. The molecule has 4 rings (SSSR count). The van der Waals surface area contributed by atoms with E-state index < -0.39 is 10.6 Å². The predicted molar refractivity (Wildman–Crippen MR) is 136 cm³/mol. The number of nitrogens with one attached hydrogen (secondary N) is 2. The van der Waals surface area contributed by atoms with Crippen LogP contribution in [0.15, 0.2) is 60.7 Å². The highest BCUT2D eigenvalue weighted by Gasteiger charge is 2.33. The topological polar surface area (TPSA) is 100 Å². The number of hydrogen-bond donors (Lipinski definition) is 2. The highest BCUT2D eigenvalue weighted by atomic mass is 16.6. The summed E-state index contributed by atoms with van der Waals surface area (Å²) in [6, 6.07) is 16.2. The van der Waals surface area contributed by atoms with Crippen LogP contribution >= 0.6 is 0 Å². The molecule has 1 saturated carbocycles. The normalized spacial score (nSPS) is 15.2. The molecule has 2 aromatic carbocycles. The Kier molecular flexibility index (Phi) is 6.77. The summed E-state index contributed by atoms with van der Waals surface area (Å²) in [6.07, 6.45) is 7.71. The lowest BCUT2D eigenvalue weighted by atomic mass is 9.88. The summed E-state index contributed by atoms with van der Waals surface area (Å²) < 4.78 is 0. The summed E-state index contributed by atoms with van der Waals surface area (Å²) in [7, 11) is 4.00. The van der Waals surface area contributed by atoms with Crippen LogP contribution in [-0.2, 0) is 4.79 Å². The van der Waals surface area contributed by atoms with Gasteiger partial charge in [0.25, 0.3) is 5.69 Å². The lowest BCUT2D eigenvalue weighted by molar-refractivity contribution is -0.384. The number of hydrogen-bond acceptors (Lipinski definition) is 6. The highest BCUT2D eigenvalue weighted by molar-refractivity contribution is 5.94. The van der Waals surface area contributed by atoms with Crippen LogP contribution in [0.3, 0.4) is 0 Å². The van der Waals surface area contributed by atoms with E-state index >= 15 is 0 Å². The zero-order valence-corrected chi connectivity index (χ0v) is 19.5. The molecular formula is C26H29N5O3. The molecule has 0 unspecified atom stereocenters. The van der Waals surface area contributed by atoms with Crippen molar-refractivity contribution in [2.75, 3.05) is 24.3 Å². The number of carbonyl (C=O) groups is 1. The Hall–Kier alpha value is -3.94. The van der Waals surface area contributed by atoms with Gasteiger partial charge < -0.3 is 15.5 Å². The first-order valence-electron chi connectivity index (χ1n) is 11.5. The summed E-state index contributed by atoms with van der Waals surface area (Å²) >= 11 is 0. The van der Waals surface area contributed by atoms with Crippen LogP contribution in [0.2, 0.25) is 0 Å². The van der Waals surface area contributed by atoms with Crippen LogP contribution in [0.25, 0.3) is 17.0 Å². The molecule has 0 radical (unpaired) electrons. The van der Waals surface area contributed by atoms with Crippen molar-refractivity contribution in [3.05, 3.63) is 76.4 Å². The molecule has 0 aliphatic heterocycles. The number of nitro groups is 1. The third-order valence-electron chi connectivity index (χ3n) is 6.12. The van der Waals surface area contributed by atoms with E-state index in [0.29, 0.717) is 11.4 Å². The van der Waals surface area contributed by atoms with E-state index in [1.54, 1.807) is 18.2 Å². The molecule has 3 aromatic rings. The molecule has 0 bridgehead atoms. The fraction of sp³-hybridized carbons (Fsp3) is 0.308. The van der Waals surface area contributed by atoms with Crippen LogP contribution in [0.5, 0.6) is 0 Å². The van der Waals surface area contributed by atoms with Gasteiger partial charge in [-0.15, -0.1) is 0 Å². The summed E-state index contributed by atoms with van der Waals surface area (Å²) in [5, 5.41) is 18.8. The van der Waals surface area contributed by atoms with E-state index in [-0.39, 0.29) is 11.6 Å². The van der Waals surface area contributed by atoms with E-state index in [2.05, 4.69) is 21.6 Å². The van der Waals surface area contributed by atoms with E-state index in [4.69, 9.17) is 4.98 Å². The SMILES string of the molecule is CN(C)c1cc(NC2(NC(=O)C=Cc3cccc([N+](=O)[O-])c3)CCCCC2)nc2ccccc12. The molecule has 0 spiro atoms. The maximum atomic E-state index is 12.9. The van der Waals surface area contributed by atoms with Gasteiger partial charge >= 0.3 is 0 Å². The number of aromatic nitrogens is 1. The number of para-hydroxylation sites is 1. The summed E-state index contributed by atoms with van der Waals surface area (Å²) in [6.45, 7) is 0. The third kappa shape index (κ3) is 5.33. The fourth-order valence-electron chi connectivity index (χ4n) is 4.46. The van der Waals surface area contributed by atoms with Crippen LogP contribution in [-0.4, -0.2) is 35.6 Å². The lowest BCUT2D eigenvalue weighted by Crippen LogP contribution is -2.55. The Morgan fingerprint density at radius 2 is 1.85 bits per heavy atom. The first-order valence-corrected chi connectivity index (χ1v) is 11.5. The number of amides is 1. The van der Waals surface area contributed by atoms with Crippen molar-refractivity contribution >= 4 is 40.1 Å². The van der Waals surface area contributed by atoms with Gasteiger partial charge in [-0.25, -0.2) is 4.98 Å². The van der Waals surface area contributed by atoms with E-state index in [1.807, 2.05) is 38.4 Å². The molecule has 1 aromatic heterocycles.